The molecule has 0 aromatic heterocycles. The first-order valence-electron chi connectivity index (χ1n) is 6.90. The number of carbonyl (C=O) groups is 2. The predicted octanol–water partition coefficient (Wildman–Crippen LogP) is 2.52. The van der Waals surface area contributed by atoms with Gasteiger partial charge in [0.05, 0.1) is 5.75 Å². The molecular weight excluding hydrogens is 262 g/mol. The van der Waals surface area contributed by atoms with Gasteiger partial charge in [0.25, 0.3) is 0 Å². The lowest BCUT2D eigenvalue weighted by atomic mass is 9.78. The second kappa shape index (κ2) is 6.64. The van der Waals surface area contributed by atoms with Crippen LogP contribution in [0.25, 0.3) is 0 Å². The molecule has 0 radical (unpaired) electrons. The van der Waals surface area contributed by atoms with Gasteiger partial charge < -0.3 is 10.4 Å². The van der Waals surface area contributed by atoms with Crippen LogP contribution in [0, 0.1) is 11.8 Å². The van der Waals surface area contributed by atoms with Crippen molar-refractivity contribution in [3.8, 4) is 0 Å². The van der Waals surface area contributed by atoms with Crippen molar-refractivity contribution in [2.75, 3.05) is 5.75 Å². The number of nitrogens with one attached hydrogen (secondary N) is 1. The van der Waals surface area contributed by atoms with E-state index in [9.17, 15) is 9.59 Å². The van der Waals surface area contributed by atoms with E-state index in [4.69, 9.17) is 5.11 Å². The minimum absolute atomic E-state index is 0.0507. The molecule has 2 N–H and O–H groups in total. The van der Waals surface area contributed by atoms with Crippen molar-refractivity contribution in [2.24, 2.45) is 11.8 Å². The molecule has 0 aromatic rings. The van der Waals surface area contributed by atoms with Gasteiger partial charge >= 0.3 is 5.97 Å². The average molecular weight is 287 g/mol. The minimum atomic E-state index is -0.914. The van der Waals surface area contributed by atoms with Crippen LogP contribution in [0.5, 0.6) is 0 Å². The Morgan fingerprint density at radius 2 is 1.95 bits per heavy atom. The number of carbonyl (C=O) groups excluding carboxylic acids is 1. The van der Waals surface area contributed by atoms with E-state index in [2.05, 4.69) is 19.2 Å². The van der Waals surface area contributed by atoms with Crippen LogP contribution in [0.1, 0.15) is 47.0 Å². The number of amides is 1. The van der Waals surface area contributed by atoms with E-state index in [1.165, 1.54) is 18.2 Å². The van der Waals surface area contributed by atoms with Gasteiger partial charge in [-0.2, -0.15) is 0 Å². The van der Waals surface area contributed by atoms with Crippen molar-refractivity contribution in [2.45, 2.75) is 57.7 Å². The van der Waals surface area contributed by atoms with Gasteiger partial charge in [-0.1, -0.05) is 26.7 Å². The molecule has 1 saturated carbocycles. The van der Waals surface area contributed by atoms with E-state index in [0.717, 1.165) is 12.8 Å². The first-order chi connectivity index (χ1) is 8.74. The zero-order valence-corrected chi connectivity index (χ0v) is 13.0. The lowest BCUT2D eigenvalue weighted by molar-refractivity contribution is -0.138. The molecule has 3 atom stereocenters. The number of hydrogen-bond acceptors (Lipinski definition) is 3. The highest BCUT2D eigenvalue weighted by Gasteiger charge is 2.31. The lowest BCUT2D eigenvalue weighted by Crippen LogP contribution is -2.45. The van der Waals surface area contributed by atoms with Crippen LogP contribution in [0.2, 0.25) is 0 Å². The molecule has 5 heteroatoms. The van der Waals surface area contributed by atoms with Crippen LogP contribution in [-0.4, -0.2) is 33.5 Å². The summed E-state index contributed by atoms with van der Waals surface area (Å²) < 4.78 is -0.914. The van der Waals surface area contributed by atoms with Crippen molar-refractivity contribution in [3.05, 3.63) is 0 Å². The van der Waals surface area contributed by atoms with Gasteiger partial charge in [0.15, 0.2) is 0 Å². The van der Waals surface area contributed by atoms with Gasteiger partial charge in [-0.05, 0) is 32.1 Å². The Morgan fingerprint density at radius 1 is 1.32 bits per heavy atom. The van der Waals surface area contributed by atoms with Crippen molar-refractivity contribution < 1.29 is 14.7 Å². The van der Waals surface area contributed by atoms with Crippen LogP contribution in [0.4, 0.5) is 0 Å². The second-order valence-corrected chi connectivity index (χ2v) is 7.64. The van der Waals surface area contributed by atoms with Gasteiger partial charge in [0.2, 0.25) is 5.91 Å². The zero-order valence-electron chi connectivity index (χ0n) is 12.2. The van der Waals surface area contributed by atoms with Crippen molar-refractivity contribution in [1.82, 2.24) is 5.32 Å². The fourth-order valence-electron chi connectivity index (χ4n) is 2.34. The van der Waals surface area contributed by atoms with Crippen LogP contribution in [0.3, 0.4) is 0 Å². The molecule has 0 aromatic carbocycles. The van der Waals surface area contributed by atoms with Gasteiger partial charge in [-0.25, -0.2) is 0 Å². The van der Waals surface area contributed by atoms with E-state index >= 15 is 0 Å². The molecule has 0 bridgehead atoms. The number of aliphatic carboxylic acids is 1. The Labute approximate surface area is 119 Å². The fraction of sp³-hybridized carbons (Fsp3) is 0.857. The Bertz CT molecular complexity index is 344. The SMILES string of the molecule is CC1CCCC(NC(=O)CSC(C)(C)C(=O)O)C1C. The van der Waals surface area contributed by atoms with Gasteiger partial charge in [-0.15, -0.1) is 11.8 Å². The zero-order chi connectivity index (χ0) is 14.6. The molecule has 1 rings (SSSR count). The molecule has 3 unspecified atom stereocenters. The molecule has 110 valence electrons. The molecule has 1 amide bonds. The predicted molar refractivity (Wildman–Crippen MR) is 78.3 cm³/mol. The number of hydrogen-bond donors (Lipinski definition) is 2. The topological polar surface area (TPSA) is 66.4 Å². The maximum absolute atomic E-state index is 11.9. The standard InChI is InChI=1S/C14H25NO3S/c1-9-6-5-7-11(10(9)2)15-12(16)8-19-14(3,4)13(17)18/h9-11H,5-8H2,1-4H3,(H,15,16)(H,17,18). The first-order valence-corrected chi connectivity index (χ1v) is 7.89. The van der Waals surface area contributed by atoms with Gasteiger partial charge in [0.1, 0.15) is 4.75 Å². The van der Waals surface area contributed by atoms with Crippen LogP contribution in [-0.2, 0) is 9.59 Å². The van der Waals surface area contributed by atoms with E-state index in [1.54, 1.807) is 13.8 Å². The number of rotatable bonds is 5. The number of carboxylic acid groups (broad SMARTS) is 1. The third kappa shape index (κ3) is 4.71. The Hall–Kier alpha value is -0.710. The Kier molecular flexibility index (Phi) is 5.71. The summed E-state index contributed by atoms with van der Waals surface area (Å²) in [5.41, 5.74) is 0. The summed E-state index contributed by atoms with van der Waals surface area (Å²) in [6.45, 7) is 7.66. The summed E-state index contributed by atoms with van der Waals surface area (Å²) in [5, 5.41) is 12.1. The molecule has 1 aliphatic rings. The molecule has 0 heterocycles. The van der Waals surface area contributed by atoms with Crippen LogP contribution < -0.4 is 5.32 Å². The maximum atomic E-state index is 11.9. The first kappa shape index (κ1) is 16.3. The second-order valence-electron chi connectivity index (χ2n) is 6.05. The Balaban J connectivity index is 2.41. The van der Waals surface area contributed by atoms with Crippen LogP contribution in [0.15, 0.2) is 0 Å². The Morgan fingerprint density at radius 3 is 2.53 bits per heavy atom. The highest BCUT2D eigenvalue weighted by atomic mass is 32.2. The van der Waals surface area contributed by atoms with Gasteiger partial charge in [-0.3, -0.25) is 9.59 Å². The molecule has 4 nitrogen and oxygen atoms in total. The summed E-state index contributed by atoms with van der Waals surface area (Å²) >= 11 is 1.17. The molecule has 19 heavy (non-hydrogen) atoms. The largest absolute Gasteiger partial charge is 0.480 e. The third-order valence-corrected chi connectivity index (χ3v) is 5.44. The molecular formula is C14H25NO3S. The summed E-state index contributed by atoms with van der Waals surface area (Å²) in [6.07, 6.45) is 3.42. The van der Waals surface area contributed by atoms with E-state index in [0.29, 0.717) is 11.8 Å². The highest BCUT2D eigenvalue weighted by molar-refractivity contribution is 8.01. The summed E-state index contributed by atoms with van der Waals surface area (Å²) in [5.74, 6) is 0.407. The lowest BCUT2D eigenvalue weighted by Gasteiger charge is -2.34. The summed E-state index contributed by atoms with van der Waals surface area (Å²) in [7, 11) is 0. The van der Waals surface area contributed by atoms with Crippen LogP contribution >= 0.6 is 11.8 Å². The average Bonchev–Trinajstić information content (AvgIpc) is 2.32. The molecule has 0 spiro atoms. The molecule has 1 fully saturated rings. The molecule has 0 saturated heterocycles. The minimum Gasteiger partial charge on any atom is -0.480 e. The third-order valence-electron chi connectivity index (χ3n) is 4.13. The quantitative estimate of drug-likeness (QED) is 0.815. The van der Waals surface area contributed by atoms with Crippen molar-refractivity contribution in [1.29, 1.82) is 0 Å². The van der Waals surface area contributed by atoms with Crippen molar-refractivity contribution in [3.63, 3.8) is 0 Å². The number of carboxylic acids is 1. The molecule has 1 aliphatic carbocycles. The van der Waals surface area contributed by atoms with Crippen molar-refractivity contribution >= 4 is 23.6 Å². The molecule has 0 aliphatic heterocycles. The monoisotopic (exact) mass is 287 g/mol. The van der Waals surface area contributed by atoms with E-state index in [-0.39, 0.29) is 17.7 Å². The fourth-order valence-corrected chi connectivity index (χ4v) is 3.04. The highest BCUT2D eigenvalue weighted by Crippen LogP contribution is 2.30. The smallest absolute Gasteiger partial charge is 0.319 e. The van der Waals surface area contributed by atoms with E-state index < -0.39 is 10.7 Å². The van der Waals surface area contributed by atoms with E-state index in [1.807, 2.05) is 0 Å². The van der Waals surface area contributed by atoms with Gasteiger partial charge in [0, 0.05) is 6.04 Å². The number of thioether (sulfide) groups is 1. The maximum Gasteiger partial charge on any atom is 0.319 e. The summed E-state index contributed by atoms with van der Waals surface area (Å²) in [6, 6.07) is 0.241. The summed E-state index contributed by atoms with van der Waals surface area (Å²) in [4.78, 5) is 22.9. The normalized spacial score (nSPS) is 27.9.